The van der Waals surface area contributed by atoms with Crippen LogP contribution in [-0.4, -0.2) is 25.1 Å². The van der Waals surface area contributed by atoms with Crippen LogP contribution in [0.25, 0.3) is 0 Å². The Labute approximate surface area is 81.0 Å². The van der Waals surface area contributed by atoms with Gasteiger partial charge in [0.25, 0.3) is 0 Å². The van der Waals surface area contributed by atoms with Gasteiger partial charge in [0.05, 0.1) is 7.11 Å². The second-order valence-corrected chi connectivity index (χ2v) is 3.35. The van der Waals surface area contributed by atoms with Crippen molar-refractivity contribution in [2.24, 2.45) is 5.92 Å². The zero-order valence-corrected chi connectivity index (χ0v) is 7.88. The average molecular weight is 187 g/mol. The molecular formula is C10H21NO2. The third kappa shape index (κ3) is 3.35. The number of carbonyl (C=O) groups is 1. The first-order valence-electron chi connectivity index (χ1n) is 4.57. The number of rotatable bonds is 2. The Kier molecular flexibility index (Phi) is 5.71. The molecule has 13 heavy (non-hydrogen) atoms. The van der Waals surface area contributed by atoms with E-state index in [9.17, 15) is 4.79 Å². The minimum atomic E-state index is 0. The summed E-state index contributed by atoms with van der Waals surface area (Å²) in [4.78, 5) is 16.4. The monoisotopic (exact) mass is 187 g/mol. The lowest BCUT2D eigenvalue weighted by Gasteiger charge is -2.24. The van der Waals surface area contributed by atoms with Gasteiger partial charge in [0.15, 0.2) is 0 Å². The molecular weight excluding hydrogens is 166 g/mol. The van der Waals surface area contributed by atoms with Gasteiger partial charge in [-0.3, -0.25) is 9.63 Å². The molecule has 0 aromatic rings. The van der Waals surface area contributed by atoms with Crippen molar-refractivity contribution in [2.75, 3.05) is 14.2 Å². The number of amides is 1. The van der Waals surface area contributed by atoms with Crippen molar-refractivity contribution >= 4 is 5.91 Å². The first-order valence-corrected chi connectivity index (χ1v) is 4.57. The molecule has 1 saturated carbocycles. The molecule has 0 aliphatic heterocycles. The molecule has 0 radical (unpaired) electrons. The standard InChI is InChI=1S/C9H17NO2.CH4/c1-10(12-2)9(11)8-6-4-3-5-7-8;/h8H,3-7H2,1-2H3;1H4. The summed E-state index contributed by atoms with van der Waals surface area (Å²) < 4.78 is 0. The van der Waals surface area contributed by atoms with Gasteiger partial charge >= 0.3 is 0 Å². The molecule has 0 aromatic carbocycles. The third-order valence-electron chi connectivity index (χ3n) is 2.54. The number of carbonyl (C=O) groups excluding carboxylic acids is 1. The van der Waals surface area contributed by atoms with Gasteiger partial charge in [0, 0.05) is 13.0 Å². The molecule has 0 bridgehead atoms. The van der Waals surface area contributed by atoms with Gasteiger partial charge in [-0.25, -0.2) is 5.06 Å². The number of hydroxylamine groups is 2. The van der Waals surface area contributed by atoms with Gasteiger partial charge in [0.1, 0.15) is 0 Å². The Bertz CT molecular complexity index is 153. The summed E-state index contributed by atoms with van der Waals surface area (Å²) in [6.45, 7) is 0. The summed E-state index contributed by atoms with van der Waals surface area (Å²) in [7, 11) is 3.21. The van der Waals surface area contributed by atoms with E-state index in [1.54, 1.807) is 7.05 Å². The Morgan fingerprint density at radius 2 is 1.85 bits per heavy atom. The maximum absolute atomic E-state index is 11.5. The van der Waals surface area contributed by atoms with Crippen LogP contribution in [0.4, 0.5) is 0 Å². The van der Waals surface area contributed by atoms with E-state index in [0.717, 1.165) is 12.8 Å². The van der Waals surface area contributed by atoms with Crippen LogP contribution < -0.4 is 0 Å². The Morgan fingerprint density at radius 1 is 1.31 bits per heavy atom. The zero-order valence-electron chi connectivity index (χ0n) is 7.88. The molecule has 0 aromatic heterocycles. The Hall–Kier alpha value is -0.570. The molecule has 3 heteroatoms. The lowest BCUT2D eigenvalue weighted by molar-refractivity contribution is -0.174. The SMILES string of the molecule is C.CON(C)C(=O)C1CCCCC1. The lowest BCUT2D eigenvalue weighted by Crippen LogP contribution is -2.33. The van der Waals surface area contributed by atoms with Crippen LogP contribution >= 0.6 is 0 Å². The van der Waals surface area contributed by atoms with Gasteiger partial charge in [0.2, 0.25) is 5.91 Å². The quantitative estimate of drug-likeness (QED) is 0.620. The van der Waals surface area contributed by atoms with Crippen molar-refractivity contribution < 1.29 is 9.63 Å². The summed E-state index contributed by atoms with van der Waals surface area (Å²) in [5, 5.41) is 1.34. The molecule has 0 unspecified atom stereocenters. The lowest BCUT2D eigenvalue weighted by atomic mass is 9.89. The van der Waals surface area contributed by atoms with Crippen molar-refractivity contribution in [3.05, 3.63) is 0 Å². The van der Waals surface area contributed by atoms with Crippen molar-refractivity contribution in [1.82, 2.24) is 5.06 Å². The summed E-state index contributed by atoms with van der Waals surface area (Å²) in [6.07, 6.45) is 5.72. The maximum Gasteiger partial charge on any atom is 0.248 e. The van der Waals surface area contributed by atoms with E-state index in [1.165, 1.54) is 31.4 Å². The van der Waals surface area contributed by atoms with Crippen molar-refractivity contribution in [3.63, 3.8) is 0 Å². The van der Waals surface area contributed by atoms with Crippen LogP contribution in [0.5, 0.6) is 0 Å². The number of nitrogens with zero attached hydrogens (tertiary/aromatic N) is 1. The first-order chi connectivity index (χ1) is 5.75. The van der Waals surface area contributed by atoms with Crippen molar-refractivity contribution in [1.29, 1.82) is 0 Å². The van der Waals surface area contributed by atoms with Gasteiger partial charge in [-0.05, 0) is 12.8 Å². The molecule has 0 spiro atoms. The van der Waals surface area contributed by atoms with Gasteiger partial charge in [-0.15, -0.1) is 0 Å². The highest BCUT2D eigenvalue weighted by Crippen LogP contribution is 2.24. The largest absolute Gasteiger partial charge is 0.275 e. The molecule has 1 aliphatic rings. The summed E-state index contributed by atoms with van der Waals surface area (Å²) >= 11 is 0. The molecule has 1 fully saturated rings. The van der Waals surface area contributed by atoms with E-state index >= 15 is 0 Å². The Balaban J connectivity index is 0.00000144. The first kappa shape index (κ1) is 12.4. The minimum Gasteiger partial charge on any atom is -0.275 e. The van der Waals surface area contributed by atoms with E-state index in [0.29, 0.717) is 0 Å². The van der Waals surface area contributed by atoms with Crippen LogP contribution in [0.15, 0.2) is 0 Å². The zero-order chi connectivity index (χ0) is 8.97. The van der Waals surface area contributed by atoms with Crippen LogP contribution in [0.3, 0.4) is 0 Å². The van der Waals surface area contributed by atoms with Gasteiger partial charge in [-0.1, -0.05) is 26.7 Å². The van der Waals surface area contributed by atoms with E-state index < -0.39 is 0 Å². The number of hydrogen-bond donors (Lipinski definition) is 0. The van der Waals surface area contributed by atoms with E-state index in [4.69, 9.17) is 4.84 Å². The molecule has 0 N–H and O–H groups in total. The van der Waals surface area contributed by atoms with Gasteiger partial charge in [-0.2, -0.15) is 0 Å². The normalized spacial score (nSPS) is 17.7. The van der Waals surface area contributed by atoms with Crippen molar-refractivity contribution in [3.8, 4) is 0 Å². The smallest absolute Gasteiger partial charge is 0.248 e. The van der Waals surface area contributed by atoms with Gasteiger partial charge < -0.3 is 0 Å². The predicted molar refractivity (Wildman–Crippen MR) is 53.1 cm³/mol. The fourth-order valence-corrected chi connectivity index (χ4v) is 1.70. The molecule has 3 nitrogen and oxygen atoms in total. The fourth-order valence-electron chi connectivity index (χ4n) is 1.70. The molecule has 0 heterocycles. The second-order valence-electron chi connectivity index (χ2n) is 3.35. The van der Waals surface area contributed by atoms with Crippen LogP contribution in [0.1, 0.15) is 39.5 Å². The predicted octanol–water partition coefficient (Wildman–Crippen LogP) is 2.22. The van der Waals surface area contributed by atoms with E-state index in [1.807, 2.05) is 0 Å². The van der Waals surface area contributed by atoms with Crippen LogP contribution in [-0.2, 0) is 9.63 Å². The second kappa shape index (κ2) is 5.97. The van der Waals surface area contributed by atoms with E-state index in [-0.39, 0.29) is 19.3 Å². The highest BCUT2D eigenvalue weighted by Gasteiger charge is 2.23. The maximum atomic E-state index is 11.5. The van der Waals surface area contributed by atoms with Crippen molar-refractivity contribution in [2.45, 2.75) is 39.5 Å². The fraction of sp³-hybridized carbons (Fsp3) is 0.900. The van der Waals surface area contributed by atoms with E-state index in [2.05, 4.69) is 0 Å². The minimum absolute atomic E-state index is 0. The summed E-state index contributed by atoms with van der Waals surface area (Å²) in [5.41, 5.74) is 0. The molecule has 0 atom stereocenters. The number of hydrogen-bond acceptors (Lipinski definition) is 2. The molecule has 1 amide bonds. The van der Waals surface area contributed by atoms with Crippen LogP contribution in [0, 0.1) is 5.92 Å². The highest BCUT2D eigenvalue weighted by molar-refractivity contribution is 5.77. The highest BCUT2D eigenvalue weighted by atomic mass is 16.7. The molecule has 0 saturated heterocycles. The topological polar surface area (TPSA) is 29.5 Å². The summed E-state index contributed by atoms with van der Waals surface area (Å²) in [6, 6.07) is 0. The Morgan fingerprint density at radius 3 is 2.31 bits per heavy atom. The third-order valence-corrected chi connectivity index (χ3v) is 2.54. The summed E-state index contributed by atoms with van der Waals surface area (Å²) in [5.74, 6) is 0.348. The molecule has 1 rings (SSSR count). The molecule has 1 aliphatic carbocycles. The average Bonchev–Trinajstić information content (AvgIpc) is 2.17. The van der Waals surface area contributed by atoms with Crippen LogP contribution in [0.2, 0.25) is 0 Å². The molecule has 78 valence electrons.